The van der Waals surface area contributed by atoms with E-state index in [2.05, 4.69) is 0 Å². The van der Waals surface area contributed by atoms with Crippen LogP contribution in [0.2, 0.25) is 0 Å². The summed E-state index contributed by atoms with van der Waals surface area (Å²) in [7, 11) is -6.19. The molecule has 0 radical (unpaired) electrons. The molecule has 0 atom stereocenters. The lowest BCUT2D eigenvalue weighted by molar-refractivity contribution is -0.119. The molecule has 1 aliphatic carbocycles. The third-order valence-corrected chi connectivity index (χ3v) is 10.7. The molecule has 0 spiro atoms. The summed E-state index contributed by atoms with van der Waals surface area (Å²) in [6.07, 6.45) is 5.00. The molecule has 0 saturated heterocycles. The molecule has 2 N–H and O–H groups in total. The lowest BCUT2D eigenvalue weighted by atomic mass is 9.84. The molecule has 0 aromatic heterocycles. The van der Waals surface area contributed by atoms with Crippen LogP contribution < -0.4 is 4.90 Å². The number of hydrogen-bond acceptors (Lipinski definition) is 5. The van der Waals surface area contributed by atoms with E-state index in [1.807, 2.05) is 0 Å². The first-order valence-electron chi connectivity index (χ1n) is 15.7. The van der Waals surface area contributed by atoms with Gasteiger partial charge in [-0.3, -0.25) is 4.79 Å². The lowest BCUT2D eigenvalue weighted by Gasteiger charge is -2.28. The molecule has 18 heteroatoms. The molecule has 5 rings (SSSR count). The predicted molar refractivity (Wildman–Crippen MR) is 169 cm³/mol. The van der Waals surface area contributed by atoms with Gasteiger partial charge in [-0.2, -0.15) is 4.31 Å². The number of amides is 1. The Labute approximate surface area is 295 Å². The molecule has 8 nitrogen and oxygen atoms in total. The highest BCUT2D eigenvalue weighted by atomic mass is 32.2. The van der Waals surface area contributed by atoms with Crippen molar-refractivity contribution >= 4 is 27.6 Å². The topological polar surface area (TPSA) is 115 Å². The Morgan fingerprint density at radius 1 is 0.698 bits per heavy atom. The van der Waals surface area contributed by atoms with E-state index in [-0.39, 0.29) is 17.7 Å². The van der Waals surface area contributed by atoms with Gasteiger partial charge in [0.15, 0.2) is 45.6 Å². The second kappa shape index (κ2) is 15.5. The fraction of sp³-hybridized carbons (Fsp3) is 0.257. The summed E-state index contributed by atoms with van der Waals surface area (Å²) in [5, 5.41) is 19.7. The summed E-state index contributed by atoms with van der Waals surface area (Å²) in [6.45, 7) is -4.04. The van der Waals surface area contributed by atoms with Crippen LogP contribution in [0.25, 0.3) is 0 Å². The quantitative estimate of drug-likeness (QED) is 0.0913. The minimum absolute atomic E-state index is 0.213. The zero-order chi connectivity index (χ0) is 38.9. The fourth-order valence-corrected chi connectivity index (χ4v) is 7.50. The number of benzene rings is 4. The van der Waals surface area contributed by atoms with Crippen LogP contribution in [0.15, 0.2) is 53.4 Å². The summed E-state index contributed by atoms with van der Waals surface area (Å²) in [5.41, 5.74) is -1.22. The van der Waals surface area contributed by atoms with E-state index in [4.69, 9.17) is 0 Å². The zero-order valence-corrected chi connectivity index (χ0v) is 27.9. The molecular formula is C35H27F9N2O6S. The van der Waals surface area contributed by atoms with Gasteiger partial charge >= 0.3 is 5.97 Å². The second-order valence-electron chi connectivity index (χ2n) is 12.2. The summed E-state index contributed by atoms with van der Waals surface area (Å²) in [6, 6.07) is 9.20. The highest BCUT2D eigenvalue weighted by molar-refractivity contribution is 7.89. The van der Waals surface area contributed by atoms with E-state index >= 15 is 0 Å². The van der Waals surface area contributed by atoms with Gasteiger partial charge in [-0.05, 0) is 42.0 Å². The van der Waals surface area contributed by atoms with Crippen molar-refractivity contribution in [2.45, 2.75) is 56.0 Å². The van der Waals surface area contributed by atoms with Gasteiger partial charge in [-0.15, -0.1) is 0 Å². The van der Waals surface area contributed by atoms with Crippen molar-refractivity contribution in [2.75, 3.05) is 11.4 Å². The molecule has 1 saturated carbocycles. The molecule has 0 bridgehead atoms. The molecule has 1 aliphatic rings. The van der Waals surface area contributed by atoms with Gasteiger partial charge in [0.25, 0.3) is 0 Å². The standard InChI is InChI=1S/C35H27F9N2O6S/c36-23-13-24(37)28(39)27(38)22(23)15-45(53(51,52)34-32(43)30(41)29(40)31(42)33(34)44)16-26(48)46(20-10-11-21(35(49)50)25(47)12-20)14-17-6-8-19(9-7-17)18-4-2-1-3-5-18/h6-13,18,47H,1-5,14-16H2,(H,49,50). The van der Waals surface area contributed by atoms with Crippen LogP contribution in [-0.4, -0.2) is 41.4 Å². The molecule has 0 unspecified atom stereocenters. The van der Waals surface area contributed by atoms with Gasteiger partial charge in [-0.25, -0.2) is 52.7 Å². The summed E-state index contributed by atoms with van der Waals surface area (Å²) in [4.78, 5) is 23.7. The third kappa shape index (κ3) is 7.83. The SMILES string of the molecule is O=C(O)c1ccc(N(Cc2ccc(C3CCCCC3)cc2)C(=O)CN(Cc2c(F)cc(F)c(F)c2F)S(=O)(=O)c2c(F)c(F)c(F)c(F)c2F)cc1O. The van der Waals surface area contributed by atoms with Crippen LogP contribution in [-0.2, 0) is 27.9 Å². The van der Waals surface area contributed by atoms with Crippen molar-refractivity contribution < 1.29 is 67.7 Å². The first-order chi connectivity index (χ1) is 24.9. The number of phenols is 1. The van der Waals surface area contributed by atoms with Crippen molar-refractivity contribution in [2.24, 2.45) is 0 Å². The predicted octanol–water partition coefficient (Wildman–Crippen LogP) is 7.81. The number of aromatic hydroxyl groups is 1. The Morgan fingerprint density at radius 3 is 1.85 bits per heavy atom. The molecule has 1 amide bonds. The number of sulfonamides is 1. The number of aromatic carboxylic acids is 1. The van der Waals surface area contributed by atoms with Crippen LogP contribution in [0.1, 0.15) is 65.1 Å². The average Bonchev–Trinajstić information content (AvgIpc) is 3.12. The smallest absolute Gasteiger partial charge is 0.339 e. The van der Waals surface area contributed by atoms with Crippen molar-refractivity contribution in [3.05, 3.63) is 123 Å². The van der Waals surface area contributed by atoms with Crippen molar-refractivity contribution in [1.82, 2.24) is 4.31 Å². The van der Waals surface area contributed by atoms with Gasteiger partial charge in [0.05, 0.1) is 13.1 Å². The Balaban J connectivity index is 1.61. The number of nitrogens with zero attached hydrogens (tertiary/aromatic N) is 2. The molecule has 1 fully saturated rings. The van der Waals surface area contributed by atoms with Gasteiger partial charge < -0.3 is 15.1 Å². The zero-order valence-electron chi connectivity index (χ0n) is 27.1. The largest absolute Gasteiger partial charge is 0.507 e. The van der Waals surface area contributed by atoms with Crippen LogP contribution in [0.3, 0.4) is 0 Å². The lowest BCUT2D eigenvalue weighted by Crippen LogP contribution is -2.43. The number of carboxylic acids is 1. The Hall–Kier alpha value is -5.10. The molecule has 4 aromatic carbocycles. The Morgan fingerprint density at radius 2 is 1.28 bits per heavy atom. The number of carbonyl (C=O) groups excluding carboxylic acids is 1. The average molecular weight is 775 g/mol. The normalized spacial score (nSPS) is 13.8. The van der Waals surface area contributed by atoms with E-state index in [0.717, 1.165) is 60.8 Å². The molecule has 53 heavy (non-hydrogen) atoms. The molecular weight excluding hydrogens is 747 g/mol. The highest BCUT2D eigenvalue weighted by Gasteiger charge is 2.40. The van der Waals surface area contributed by atoms with E-state index in [0.29, 0.717) is 5.56 Å². The van der Waals surface area contributed by atoms with E-state index in [1.54, 1.807) is 24.3 Å². The molecule has 4 aromatic rings. The Bertz CT molecular complexity index is 2170. The number of halogens is 9. The van der Waals surface area contributed by atoms with Crippen molar-refractivity contribution in [1.29, 1.82) is 0 Å². The van der Waals surface area contributed by atoms with Crippen molar-refractivity contribution in [3.8, 4) is 5.75 Å². The van der Waals surface area contributed by atoms with Gasteiger partial charge in [0.2, 0.25) is 21.7 Å². The maximum atomic E-state index is 14.9. The monoisotopic (exact) mass is 774 g/mol. The highest BCUT2D eigenvalue weighted by Crippen LogP contribution is 2.34. The van der Waals surface area contributed by atoms with E-state index < -0.39 is 120 Å². The van der Waals surface area contributed by atoms with Gasteiger partial charge in [0, 0.05) is 29.9 Å². The maximum Gasteiger partial charge on any atom is 0.339 e. The minimum Gasteiger partial charge on any atom is -0.507 e. The minimum atomic E-state index is -6.19. The summed E-state index contributed by atoms with van der Waals surface area (Å²) < 4.78 is 156. The van der Waals surface area contributed by atoms with Crippen molar-refractivity contribution in [3.63, 3.8) is 0 Å². The number of hydrogen-bond donors (Lipinski definition) is 2. The molecule has 282 valence electrons. The maximum absolute atomic E-state index is 14.9. The van der Waals surface area contributed by atoms with Crippen LogP contribution in [0.5, 0.6) is 5.75 Å². The molecule has 0 heterocycles. The van der Waals surface area contributed by atoms with Gasteiger partial charge in [-0.1, -0.05) is 43.5 Å². The van der Waals surface area contributed by atoms with E-state index in [9.17, 15) is 67.7 Å². The second-order valence-corrected chi connectivity index (χ2v) is 14.1. The molecule has 0 aliphatic heterocycles. The summed E-state index contributed by atoms with van der Waals surface area (Å²) in [5.74, 6) is -26.3. The first-order valence-corrected chi connectivity index (χ1v) is 17.2. The fourth-order valence-electron chi connectivity index (χ4n) is 6.03. The van der Waals surface area contributed by atoms with Crippen LogP contribution in [0.4, 0.5) is 45.2 Å². The summed E-state index contributed by atoms with van der Waals surface area (Å²) >= 11 is 0. The number of rotatable bonds is 11. The number of carbonyl (C=O) groups is 2. The van der Waals surface area contributed by atoms with Crippen LogP contribution in [0, 0.1) is 52.4 Å². The van der Waals surface area contributed by atoms with E-state index in [1.165, 1.54) is 0 Å². The number of carboxylic acid groups (broad SMARTS) is 1. The first kappa shape index (κ1) is 39.1. The Kier molecular flexibility index (Phi) is 11.4. The van der Waals surface area contributed by atoms with Crippen LogP contribution >= 0.6 is 0 Å². The number of anilines is 1. The third-order valence-electron chi connectivity index (χ3n) is 8.84. The van der Waals surface area contributed by atoms with Gasteiger partial charge in [0.1, 0.15) is 17.1 Å².